The number of anilines is 3. The van der Waals surface area contributed by atoms with Crippen molar-refractivity contribution in [2.24, 2.45) is 0 Å². The number of hydrogen-bond donors (Lipinski definition) is 0. The minimum Gasteiger partial charge on any atom is -0.456 e. The predicted molar refractivity (Wildman–Crippen MR) is 233 cm³/mol. The minimum atomic E-state index is 0.682. The fourth-order valence-electron chi connectivity index (χ4n) is 8.14. The Bertz CT molecular complexity index is 3240. The molecule has 0 unspecified atom stereocenters. The Kier molecular flexibility index (Phi) is 7.46. The van der Waals surface area contributed by atoms with Crippen LogP contribution in [0.5, 0.6) is 0 Å². The Balaban J connectivity index is 1.11. The number of fused-ring (bicyclic) bond motifs is 7. The lowest BCUT2D eigenvalue weighted by molar-refractivity contribution is 0.669. The summed E-state index contributed by atoms with van der Waals surface area (Å²) < 4.78 is 6.76. The van der Waals surface area contributed by atoms with E-state index in [9.17, 15) is 0 Å². The Hall–Kier alpha value is -7.56. The van der Waals surface area contributed by atoms with Crippen LogP contribution in [0.25, 0.3) is 88.2 Å². The van der Waals surface area contributed by atoms with Crippen molar-refractivity contribution in [1.82, 2.24) is 9.97 Å². The maximum Gasteiger partial charge on any atom is 0.160 e. The highest BCUT2D eigenvalue weighted by molar-refractivity contribution is 6.23. The van der Waals surface area contributed by atoms with Crippen molar-refractivity contribution in [3.63, 3.8) is 0 Å². The molecule has 2 aromatic heterocycles. The number of nitrogens with zero attached hydrogens (tertiary/aromatic N) is 3. The molecule has 11 rings (SSSR count). The van der Waals surface area contributed by atoms with Crippen LogP contribution in [0.1, 0.15) is 0 Å². The topological polar surface area (TPSA) is 42.2 Å². The highest BCUT2D eigenvalue weighted by Gasteiger charge is 2.21. The second-order valence-electron chi connectivity index (χ2n) is 14.2. The fourth-order valence-corrected chi connectivity index (χ4v) is 8.14. The van der Waals surface area contributed by atoms with Crippen LogP contribution in [0.2, 0.25) is 0 Å². The first kappa shape index (κ1) is 31.9. The van der Waals surface area contributed by atoms with Crippen molar-refractivity contribution in [2.75, 3.05) is 4.90 Å². The molecule has 0 saturated heterocycles. The third-order valence-corrected chi connectivity index (χ3v) is 10.8. The van der Waals surface area contributed by atoms with Gasteiger partial charge in [-0.25, -0.2) is 9.97 Å². The number of aromatic nitrogens is 2. The Labute approximate surface area is 323 Å². The molecule has 0 atom stereocenters. The highest BCUT2D eigenvalue weighted by Crippen LogP contribution is 2.46. The van der Waals surface area contributed by atoms with E-state index in [4.69, 9.17) is 14.4 Å². The van der Waals surface area contributed by atoms with Crippen LogP contribution in [-0.4, -0.2) is 9.97 Å². The minimum absolute atomic E-state index is 0.682. The first-order valence-corrected chi connectivity index (χ1v) is 18.9. The molecule has 0 fully saturated rings. The quantitative estimate of drug-likeness (QED) is 0.172. The molecule has 4 nitrogen and oxygen atoms in total. The van der Waals surface area contributed by atoms with Gasteiger partial charge < -0.3 is 9.32 Å². The molecular weight excluding hydrogens is 683 g/mol. The van der Waals surface area contributed by atoms with Gasteiger partial charge >= 0.3 is 0 Å². The molecule has 0 amide bonds. The van der Waals surface area contributed by atoms with Crippen molar-refractivity contribution in [1.29, 1.82) is 0 Å². The van der Waals surface area contributed by atoms with Crippen LogP contribution in [-0.2, 0) is 0 Å². The predicted octanol–water partition coefficient (Wildman–Crippen LogP) is 14.3. The molecule has 0 bridgehead atoms. The van der Waals surface area contributed by atoms with Crippen molar-refractivity contribution in [3.05, 3.63) is 200 Å². The summed E-state index contributed by atoms with van der Waals surface area (Å²) in [5.41, 5.74) is 11.0. The fraction of sp³-hybridized carbons (Fsp3) is 0. The normalized spacial score (nSPS) is 11.6. The van der Waals surface area contributed by atoms with Crippen molar-refractivity contribution in [3.8, 4) is 33.8 Å². The molecule has 0 aliphatic heterocycles. The Morgan fingerprint density at radius 3 is 1.80 bits per heavy atom. The summed E-state index contributed by atoms with van der Waals surface area (Å²) >= 11 is 0. The van der Waals surface area contributed by atoms with Crippen LogP contribution in [0.3, 0.4) is 0 Å². The van der Waals surface area contributed by atoms with Gasteiger partial charge in [0.1, 0.15) is 11.2 Å². The zero-order valence-corrected chi connectivity index (χ0v) is 30.3. The van der Waals surface area contributed by atoms with Gasteiger partial charge in [0, 0.05) is 50.1 Å². The molecule has 0 aliphatic rings. The van der Waals surface area contributed by atoms with Crippen LogP contribution >= 0.6 is 0 Å². The molecule has 11 aromatic rings. The molecule has 0 aliphatic carbocycles. The SMILES string of the molecule is c1ccc(-c2ccc(N(c3ccc4ccccc4c3)c3cc4oc5ccc(-c6nc(-c7ccccc7)c7ccccc7n6)cc5c4c4ccccc34)cc2)cc1. The van der Waals surface area contributed by atoms with Gasteiger partial charge in [0.15, 0.2) is 5.82 Å². The molecule has 56 heavy (non-hydrogen) atoms. The number of benzene rings is 9. The van der Waals surface area contributed by atoms with E-state index < -0.39 is 0 Å². The van der Waals surface area contributed by atoms with Crippen LogP contribution in [0.4, 0.5) is 17.1 Å². The molecular formula is C52H33N3O. The van der Waals surface area contributed by atoms with Gasteiger partial charge in [-0.2, -0.15) is 0 Å². The van der Waals surface area contributed by atoms with E-state index in [0.29, 0.717) is 5.82 Å². The van der Waals surface area contributed by atoms with Crippen molar-refractivity contribution < 1.29 is 4.42 Å². The maximum absolute atomic E-state index is 6.76. The molecule has 262 valence electrons. The van der Waals surface area contributed by atoms with E-state index in [2.05, 4.69) is 187 Å². The van der Waals surface area contributed by atoms with Gasteiger partial charge in [0.2, 0.25) is 0 Å². The van der Waals surface area contributed by atoms with Gasteiger partial charge in [0.05, 0.1) is 16.9 Å². The summed E-state index contributed by atoms with van der Waals surface area (Å²) in [6.07, 6.45) is 0. The largest absolute Gasteiger partial charge is 0.456 e. The summed E-state index contributed by atoms with van der Waals surface area (Å²) in [7, 11) is 0. The summed E-state index contributed by atoms with van der Waals surface area (Å²) in [4.78, 5) is 12.6. The molecule has 0 radical (unpaired) electrons. The molecule has 4 heteroatoms. The monoisotopic (exact) mass is 715 g/mol. The highest BCUT2D eigenvalue weighted by atomic mass is 16.3. The number of rotatable bonds is 6. The zero-order valence-electron chi connectivity index (χ0n) is 30.3. The van der Waals surface area contributed by atoms with Crippen LogP contribution < -0.4 is 4.90 Å². The zero-order chi connectivity index (χ0) is 37.0. The molecule has 0 spiro atoms. The van der Waals surface area contributed by atoms with Gasteiger partial charge in [0.25, 0.3) is 0 Å². The lowest BCUT2D eigenvalue weighted by atomic mass is 9.99. The summed E-state index contributed by atoms with van der Waals surface area (Å²) in [5.74, 6) is 0.682. The lowest BCUT2D eigenvalue weighted by Crippen LogP contribution is -2.10. The van der Waals surface area contributed by atoms with Crippen molar-refractivity contribution in [2.45, 2.75) is 0 Å². The van der Waals surface area contributed by atoms with E-state index in [-0.39, 0.29) is 0 Å². The third-order valence-electron chi connectivity index (χ3n) is 10.8. The van der Waals surface area contributed by atoms with Gasteiger partial charge in [-0.05, 0) is 75.8 Å². The average Bonchev–Trinajstić information content (AvgIpc) is 3.65. The van der Waals surface area contributed by atoms with E-state index in [1.54, 1.807) is 0 Å². The number of hydrogen-bond acceptors (Lipinski definition) is 4. The Morgan fingerprint density at radius 2 is 1.00 bits per heavy atom. The average molecular weight is 716 g/mol. The number of para-hydroxylation sites is 1. The number of furan rings is 1. The van der Waals surface area contributed by atoms with Crippen molar-refractivity contribution >= 4 is 71.4 Å². The first-order valence-electron chi connectivity index (χ1n) is 18.9. The summed E-state index contributed by atoms with van der Waals surface area (Å²) in [6.45, 7) is 0. The van der Waals surface area contributed by atoms with E-state index >= 15 is 0 Å². The van der Waals surface area contributed by atoms with Crippen LogP contribution in [0.15, 0.2) is 205 Å². The molecule has 9 aromatic carbocycles. The molecule has 2 heterocycles. The second kappa shape index (κ2) is 13.1. The van der Waals surface area contributed by atoms with Crippen LogP contribution in [0, 0.1) is 0 Å². The summed E-state index contributed by atoms with van der Waals surface area (Å²) in [5, 5.41) is 7.76. The third kappa shape index (κ3) is 5.39. The van der Waals surface area contributed by atoms with Gasteiger partial charge in [-0.1, -0.05) is 146 Å². The smallest absolute Gasteiger partial charge is 0.160 e. The standard InChI is InChI=1S/C52H33N3O/c1-3-13-34(14-4-1)36-23-27-40(28-24-36)55(41-29-25-35-15-7-8-18-38(35)31-41)47-33-49-50(43-20-10-9-19-42(43)47)45-32-39(26-30-48(45)56-49)52-53-46-22-12-11-21-44(46)51(54-52)37-16-5-2-6-17-37/h1-33H. The molecule has 0 saturated carbocycles. The summed E-state index contributed by atoms with van der Waals surface area (Å²) in [6, 6.07) is 70.4. The molecule has 0 N–H and O–H groups in total. The van der Waals surface area contributed by atoms with Gasteiger partial charge in [-0.3, -0.25) is 0 Å². The first-order chi connectivity index (χ1) is 27.7. The lowest BCUT2D eigenvalue weighted by Gasteiger charge is -2.27. The van der Waals surface area contributed by atoms with Gasteiger partial charge in [-0.15, -0.1) is 0 Å². The van der Waals surface area contributed by atoms with E-state index in [0.717, 1.165) is 77.5 Å². The second-order valence-corrected chi connectivity index (χ2v) is 14.2. The maximum atomic E-state index is 6.76. The Morgan fingerprint density at radius 1 is 0.375 bits per heavy atom. The van der Waals surface area contributed by atoms with E-state index in [1.807, 2.05) is 18.2 Å². The van der Waals surface area contributed by atoms with E-state index in [1.165, 1.54) is 21.9 Å².